The van der Waals surface area contributed by atoms with Crippen LogP contribution in [0.3, 0.4) is 0 Å². The third kappa shape index (κ3) is 4.05. The van der Waals surface area contributed by atoms with Gasteiger partial charge in [0, 0.05) is 24.5 Å². The van der Waals surface area contributed by atoms with Gasteiger partial charge in [0.25, 0.3) is 0 Å². The average molecular weight is 253 g/mol. The summed E-state index contributed by atoms with van der Waals surface area (Å²) in [6, 6.07) is 0.684. The molecule has 0 saturated carbocycles. The standard InChI is InChI=1S/C13H23N3S/c1-3-16(8-12-6-4-5-7-14-12)9-13-10-17-11(2)15-13/h10,12,14H,3-9H2,1-2H3. The number of nitrogens with zero attached hydrogens (tertiary/aromatic N) is 2. The molecule has 0 aromatic carbocycles. The molecule has 2 rings (SSSR count). The zero-order chi connectivity index (χ0) is 12.1. The first-order valence-electron chi connectivity index (χ1n) is 6.64. The van der Waals surface area contributed by atoms with E-state index in [0.717, 1.165) is 19.6 Å². The quantitative estimate of drug-likeness (QED) is 0.873. The van der Waals surface area contributed by atoms with Crippen LogP contribution in [0.4, 0.5) is 0 Å². The first-order valence-corrected chi connectivity index (χ1v) is 7.52. The van der Waals surface area contributed by atoms with Gasteiger partial charge in [0.15, 0.2) is 0 Å². The molecule has 1 N–H and O–H groups in total. The summed E-state index contributed by atoms with van der Waals surface area (Å²) < 4.78 is 0. The highest BCUT2D eigenvalue weighted by Gasteiger charge is 2.16. The minimum atomic E-state index is 0.684. The van der Waals surface area contributed by atoms with E-state index in [-0.39, 0.29) is 0 Å². The Kier molecular flexibility index (Phi) is 4.95. The summed E-state index contributed by atoms with van der Waals surface area (Å²) in [4.78, 5) is 7.05. The first kappa shape index (κ1) is 13.0. The van der Waals surface area contributed by atoms with Crippen molar-refractivity contribution in [3.8, 4) is 0 Å². The Labute approximate surface area is 108 Å². The molecule has 0 aliphatic carbocycles. The molecule has 0 spiro atoms. The van der Waals surface area contributed by atoms with Crippen LogP contribution in [-0.4, -0.2) is 35.6 Å². The van der Waals surface area contributed by atoms with E-state index in [0.29, 0.717) is 6.04 Å². The van der Waals surface area contributed by atoms with Crippen LogP contribution in [-0.2, 0) is 6.54 Å². The summed E-state index contributed by atoms with van der Waals surface area (Å²) in [5.41, 5.74) is 1.23. The Balaban J connectivity index is 1.83. The molecule has 1 unspecified atom stereocenters. The summed E-state index contributed by atoms with van der Waals surface area (Å²) in [5, 5.41) is 6.98. The van der Waals surface area contributed by atoms with Gasteiger partial charge in [-0.15, -0.1) is 11.3 Å². The van der Waals surface area contributed by atoms with Crippen LogP contribution in [0.5, 0.6) is 0 Å². The zero-order valence-electron chi connectivity index (χ0n) is 10.9. The minimum absolute atomic E-state index is 0.684. The number of hydrogen-bond acceptors (Lipinski definition) is 4. The number of thiazole rings is 1. The van der Waals surface area contributed by atoms with Crippen molar-refractivity contribution in [2.24, 2.45) is 0 Å². The van der Waals surface area contributed by atoms with E-state index in [4.69, 9.17) is 0 Å². The molecule has 17 heavy (non-hydrogen) atoms. The number of aryl methyl sites for hydroxylation is 1. The summed E-state index contributed by atoms with van der Waals surface area (Å²) in [7, 11) is 0. The average Bonchev–Trinajstić information content (AvgIpc) is 2.75. The molecule has 1 aliphatic heterocycles. The monoisotopic (exact) mass is 253 g/mol. The van der Waals surface area contributed by atoms with E-state index in [1.54, 1.807) is 11.3 Å². The topological polar surface area (TPSA) is 28.2 Å². The fourth-order valence-electron chi connectivity index (χ4n) is 2.41. The first-order chi connectivity index (χ1) is 8.28. The van der Waals surface area contributed by atoms with Crippen molar-refractivity contribution in [2.45, 2.75) is 45.7 Å². The Hall–Kier alpha value is -0.450. The van der Waals surface area contributed by atoms with E-state index in [1.165, 1.54) is 36.5 Å². The molecular formula is C13H23N3S. The van der Waals surface area contributed by atoms with Gasteiger partial charge in [0.05, 0.1) is 10.7 Å². The second-order valence-corrected chi connectivity index (χ2v) is 5.89. The fraction of sp³-hybridized carbons (Fsp3) is 0.769. The lowest BCUT2D eigenvalue weighted by atomic mass is 10.0. The van der Waals surface area contributed by atoms with Gasteiger partial charge in [0.1, 0.15) is 0 Å². The van der Waals surface area contributed by atoms with E-state index in [2.05, 4.69) is 34.4 Å². The largest absolute Gasteiger partial charge is 0.313 e. The molecule has 0 bridgehead atoms. The van der Waals surface area contributed by atoms with E-state index < -0.39 is 0 Å². The smallest absolute Gasteiger partial charge is 0.0897 e. The molecule has 1 aromatic rings. The number of piperidine rings is 1. The fourth-order valence-corrected chi connectivity index (χ4v) is 3.01. The molecule has 0 radical (unpaired) electrons. The Bertz CT molecular complexity index is 331. The maximum atomic E-state index is 4.55. The number of hydrogen-bond donors (Lipinski definition) is 1. The molecule has 2 heterocycles. The second kappa shape index (κ2) is 6.47. The van der Waals surface area contributed by atoms with Crippen LogP contribution >= 0.6 is 11.3 Å². The number of rotatable bonds is 5. The number of aromatic nitrogens is 1. The zero-order valence-corrected chi connectivity index (χ0v) is 11.7. The predicted molar refractivity (Wildman–Crippen MR) is 73.4 cm³/mol. The van der Waals surface area contributed by atoms with Crippen molar-refractivity contribution >= 4 is 11.3 Å². The molecule has 1 aromatic heterocycles. The van der Waals surface area contributed by atoms with Crippen molar-refractivity contribution in [1.29, 1.82) is 0 Å². The summed E-state index contributed by atoms with van der Waals surface area (Å²) in [6.45, 7) is 8.77. The number of nitrogens with one attached hydrogen (secondary N) is 1. The molecule has 0 amide bonds. The van der Waals surface area contributed by atoms with E-state index in [9.17, 15) is 0 Å². The molecule has 1 aliphatic rings. The van der Waals surface area contributed by atoms with E-state index in [1.807, 2.05) is 0 Å². The van der Waals surface area contributed by atoms with Crippen molar-refractivity contribution in [2.75, 3.05) is 19.6 Å². The van der Waals surface area contributed by atoms with Crippen LogP contribution in [0.15, 0.2) is 5.38 Å². The lowest BCUT2D eigenvalue weighted by molar-refractivity contribution is 0.224. The maximum Gasteiger partial charge on any atom is 0.0897 e. The molecule has 3 nitrogen and oxygen atoms in total. The van der Waals surface area contributed by atoms with Gasteiger partial charge in [-0.25, -0.2) is 4.98 Å². The molecule has 1 atom stereocenters. The van der Waals surface area contributed by atoms with Crippen LogP contribution in [0.1, 0.15) is 36.9 Å². The Morgan fingerprint density at radius 1 is 1.53 bits per heavy atom. The lowest BCUT2D eigenvalue weighted by Crippen LogP contribution is -2.43. The summed E-state index contributed by atoms with van der Waals surface area (Å²) in [5.74, 6) is 0. The van der Waals surface area contributed by atoms with Crippen LogP contribution < -0.4 is 5.32 Å². The molecule has 4 heteroatoms. The van der Waals surface area contributed by atoms with Gasteiger partial charge in [-0.05, 0) is 32.9 Å². The highest BCUT2D eigenvalue weighted by Crippen LogP contribution is 2.13. The van der Waals surface area contributed by atoms with Gasteiger partial charge in [0.2, 0.25) is 0 Å². The summed E-state index contributed by atoms with van der Waals surface area (Å²) >= 11 is 1.75. The van der Waals surface area contributed by atoms with E-state index >= 15 is 0 Å². The summed E-state index contributed by atoms with van der Waals surface area (Å²) in [6.07, 6.45) is 4.05. The van der Waals surface area contributed by atoms with Crippen LogP contribution in [0.25, 0.3) is 0 Å². The second-order valence-electron chi connectivity index (χ2n) is 4.83. The van der Waals surface area contributed by atoms with Gasteiger partial charge >= 0.3 is 0 Å². The number of likely N-dealkylation sites (N-methyl/N-ethyl adjacent to an activating group) is 1. The van der Waals surface area contributed by atoms with Gasteiger partial charge in [-0.2, -0.15) is 0 Å². The maximum absolute atomic E-state index is 4.55. The highest BCUT2D eigenvalue weighted by molar-refractivity contribution is 7.09. The Morgan fingerprint density at radius 2 is 2.41 bits per heavy atom. The third-order valence-electron chi connectivity index (χ3n) is 3.39. The molecular weight excluding hydrogens is 230 g/mol. The third-order valence-corrected chi connectivity index (χ3v) is 4.21. The lowest BCUT2D eigenvalue weighted by Gasteiger charge is -2.29. The van der Waals surface area contributed by atoms with Gasteiger partial charge < -0.3 is 5.32 Å². The van der Waals surface area contributed by atoms with Crippen molar-refractivity contribution in [3.63, 3.8) is 0 Å². The van der Waals surface area contributed by atoms with Crippen molar-refractivity contribution < 1.29 is 0 Å². The van der Waals surface area contributed by atoms with Crippen molar-refractivity contribution in [1.82, 2.24) is 15.2 Å². The predicted octanol–water partition coefficient (Wildman–Crippen LogP) is 2.42. The van der Waals surface area contributed by atoms with Crippen LogP contribution in [0, 0.1) is 6.92 Å². The SMILES string of the molecule is CCN(Cc1csc(C)n1)CC1CCCCN1. The molecule has 1 fully saturated rings. The van der Waals surface area contributed by atoms with Gasteiger partial charge in [-0.1, -0.05) is 13.3 Å². The molecule has 1 saturated heterocycles. The van der Waals surface area contributed by atoms with Crippen LogP contribution in [0.2, 0.25) is 0 Å². The molecule has 96 valence electrons. The Morgan fingerprint density at radius 3 is 3.00 bits per heavy atom. The minimum Gasteiger partial charge on any atom is -0.313 e. The normalized spacial score (nSPS) is 21.0. The highest BCUT2D eigenvalue weighted by atomic mass is 32.1. The van der Waals surface area contributed by atoms with Gasteiger partial charge in [-0.3, -0.25) is 4.90 Å². The van der Waals surface area contributed by atoms with Crippen molar-refractivity contribution in [3.05, 3.63) is 16.1 Å².